The maximum absolute atomic E-state index is 11.4. The fraction of sp³-hybridized carbons (Fsp3) is 0.333. The van der Waals surface area contributed by atoms with Gasteiger partial charge in [0.2, 0.25) is 0 Å². The van der Waals surface area contributed by atoms with Gasteiger partial charge in [-0.1, -0.05) is 0 Å². The molecule has 0 aliphatic rings. The van der Waals surface area contributed by atoms with Crippen LogP contribution in [0.4, 0.5) is 5.69 Å². The number of hydrogen-bond donors (Lipinski definition) is 3. The van der Waals surface area contributed by atoms with Gasteiger partial charge in [-0.3, -0.25) is 4.79 Å². The van der Waals surface area contributed by atoms with Crippen LogP contribution < -0.4 is 15.8 Å². The number of carbonyl (C=O) groups is 2. The van der Waals surface area contributed by atoms with Crippen molar-refractivity contribution in [1.29, 1.82) is 0 Å². The third-order valence-electron chi connectivity index (χ3n) is 2.22. The predicted octanol–water partition coefficient (Wildman–Crippen LogP) is 0.108. The highest BCUT2D eigenvalue weighted by Crippen LogP contribution is 2.21. The first-order valence-electron chi connectivity index (χ1n) is 5.56. The van der Waals surface area contributed by atoms with E-state index < -0.39 is 5.97 Å². The van der Waals surface area contributed by atoms with Crippen LogP contribution in [0.15, 0.2) is 18.2 Å². The number of anilines is 1. The number of carbonyl (C=O) groups excluding carboxylic acids is 1. The van der Waals surface area contributed by atoms with E-state index in [2.05, 4.69) is 5.32 Å². The van der Waals surface area contributed by atoms with Crippen molar-refractivity contribution in [2.24, 2.45) is 0 Å². The second kappa shape index (κ2) is 7.22. The van der Waals surface area contributed by atoms with Crippen LogP contribution in [0.5, 0.6) is 5.75 Å². The Morgan fingerprint density at radius 1 is 1.42 bits per heavy atom. The molecule has 0 bridgehead atoms. The molecule has 0 aromatic heterocycles. The maximum Gasteiger partial charge on any atom is 0.339 e. The molecule has 0 atom stereocenters. The van der Waals surface area contributed by atoms with Gasteiger partial charge in [0.15, 0.2) is 6.61 Å². The largest absolute Gasteiger partial charge is 0.483 e. The van der Waals surface area contributed by atoms with E-state index in [1.165, 1.54) is 25.3 Å². The molecule has 4 N–H and O–H groups in total. The smallest absolute Gasteiger partial charge is 0.339 e. The minimum absolute atomic E-state index is 0.0790. The van der Waals surface area contributed by atoms with Crippen molar-refractivity contribution in [3.63, 3.8) is 0 Å². The summed E-state index contributed by atoms with van der Waals surface area (Å²) < 4.78 is 9.93. The summed E-state index contributed by atoms with van der Waals surface area (Å²) in [5, 5.41) is 11.5. The van der Waals surface area contributed by atoms with E-state index in [9.17, 15) is 9.59 Å². The normalized spacial score (nSPS) is 9.95. The van der Waals surface area contributed by atoms with Crippen LogP contribution in [0.1, 0.15) is 10.4 Å². The number of hydrogen-bond acceptors (Lipinski definition) is 5. The minimum Gasteiger partial charge on any atom is -0.483 e. The number of carboxylic acid groups (broad SMARTS) is 1. The van der Waals surface area contributed by atoms with E-state index in [1.807, 2.05) is 0 Å². The molecule has 0 aliphatic heterocycles. The van der Waals surface area contributed by atoms with Crippen molar-refractivity contribution in [2.75, 3.05) is 32.6 Å². The lowest BCUT2D eigenvalue weighted by Gasteiger charge is -2.10. The highest BCUT2D eigenvalue weighted by molar-refractivity contribution is 5.92. The van der Waals surface area contributed by atoms with Crippen LogP contribution in [0.25, 0.3) is 0 Å². The molecule has 0 radical (unpaired) electrons. The molecule has 7 heteroatoms. The summed E-state index contributed by atoms with van der Waals surface area (Å²) in [4.78, 5) is 22.4. The third kappa shape index (κ3) is 4.84. The summed E-state index contributed by atoms with van der Waals surface area (Å²) in [6.07, 6.45) is 0. The van der Waals surface area contributed by atoms with Gasteiger partial charge in [0.05, 0.1) is 6.61 Å². The molecule has 0 aliphatic carbocycles. The number of nitrogen functional groups attached to an aromatic ring is 1. The Bertz CT molecular complexity index is 461. The molecule has 1 rings (SSSR count). The van der Waals surface area contributed by atoms with Gasteiger partial charge in [0.1, 0.15) is 11.3 Å². The molecule has 1 aromatic carbocycles. The lowest BCUT2D eigenvalue weighted by Crippen LogP contribution is -2.31. The summed E-state index contributed by atoms with van der Waals surface area (Å²) in [7, 11) is 1.52. The first-order chi connectivity index (χ1) is 9.04. The Labute approximate surface area is 110 Å². The average Bonchev–Trinajstić information content (AvgIpc) is 2.37. The van der Waals surface area contributed by atoms with Gasteiger partial charge in [-0.25, -0.2) is 4.79 Å². The van der Waals surface area contributed by atoms with Crippen molar-refractivity contribution in [3.8, 4) is 5.75 Å². The zero-order valence-corrected chi connectivity index (χ0v) is 10.5. The Balaban J connectivity index is 2.57. The molecule has 1 aromatic rings. The zero-order chi connectivity index (χ0) is 14.3. The topological polar surface area (TPSA) is 111 Å². The monoisotopic (exact) mass is 268 g/mol. The van der Waals surface area contributed by atoms with Crippen molar-refractivity contribution in [1.82, 2.24) is 5.32 Å². The summed E-state index contributed by atoms with van der Waals surface area (Å²) >= 11 is 0. The van der Waals surface area contributed by atoms with Gasteiger partial charge in [-0.15, -0.1) is 0 Å². The molecule has 0 heterocycles. The van der Waals surface area contributed by atoms with Crippen LogP contribution in [0.3, 0.4) is 0 Å². The van der Waals surface area contributed by atoms with Gasteiger partial charge in [0.25, 0.3) is 5.91 Å². The minimum atomic E-state index is -1.16. The maximum atomic E-state index is 11.4. The number of methoxy groups -OCH3 is 1. The highest BCUT2D eigenvalue weighted by atomic mass is 16.5. The zero-order valence-electron chi connectivity index (χ0n) is 10.5. The lowest BCUT2D eigenvalue weighted by molar-refractivity contribution is -0.123. The SMILES string of the molecule is COCCNC(=O)COc1ccc(N)cc1C(=O)O. The lowest BCUT2D eigenvalue weighted by atomic mass is 10.2. The van der Waals surface area contributed by atoms with Crippen LogP contribution >= 0.6 is 0 Å². The van der Waals surface area contributed by atoms with Gasteiger partial charge < -0.3 is 25.6 Å². The number of rotatable bonds is 7. The number of nitrogens with two attached hydrogens (primary N) is 1. The number of amides is 1. The van der Waals surface area contributed by atoms with Crippen LogP contribution in [-0.2, 0) is 9.53 Å². The van der Waals surface area contributed by atoms with E-state index in [1.54, 1.807) is 0 Å². The van der Waals surface area contributed by atoms with Gasteiger partial charge in [0, 0.05) is 19.3 Å². The molecular weight excluding hydrogens is 252 g/mol. The fourth-order valence-corrected chi connectivity index (χ4v) is 1.33. The second-order valence-electron chi connectivity index (χ2n) is 3.69. The first kappa shape index (κ1) is 14.8. The molecular formula is C12H16N2O5. The van der Waals surface area contributed by atoms with Crippen molar-refractivity contribution < 1.29 is 24.2 Å². The molecule has 1 amide bonds. The summed E-state index contributed by atoms with van der Waals surface area (Å²) in [5.41, 5.74) is 5.73. The molecule has 104 valence electrons. The van der Waals surface area contributed by atoms with Crippen molar-refractivity contribution in [2.45, 2.75) is 0 Å². The molecule has 0 unspecified atom stereocenters. The molecule has 7 nitrogen and oxygen atoms in total. The quantitative estimate of drug-likeness (QED) is 0.478. The molecule has 19 heavy (non-hydrogen) atoms. The van der Waals surface area contributed by atoms with Crippen molar-refractivity contribution in [3.05, 3.63) is 23.8 Å². The van der Waals surface area contributed by atoms with Crippen LogP contribution in [-0.4, -0.2) is 43.9 Å². The van der Waals surface area contributed by atoms with E-state index in [0.29, 0.717) is 18.8 Å². The number of ether oxygens (including phenoxy) is 2. The summed E-state index contributed by atoms with van der Waals surface area (Å²) in [5.74, 6) is -1.42. The summed E-state index contributed by atoms with van der Waals surface area (Å²) in [6.45, 7) is 0.494. The van der Waals surface area contributed by atoms with Crippen LogP contribution in [0.2, 0.25) is 0 Å². The fourth-order valence-electron chi connectivity index (χ4n) is 1.33. The standard InChI is InChI=1S/C12H16N2O5/c1-18-5-4-14-11(15)7-19-10-3-2-8(13)6-9(10)12(16)17/h2-3,6H,4-5,7,13H2,1H3,(H,14,15)(H,16,17). The van der Waals surface area contributed by atoms with E-state index in [0.717, 1.165) is 0 Å². The van der Waals surface area contributed by atoms with Gasteiger partial charge in [-0.05, 0) is 18.2 Å². The van der Waals surface area contributed by atoms with E-state index in [-0.39, 0.29) is 23.8 Å². The molecule has 0 fully saturated rings. The number of aromatic carboxylic acids is 1. The Hall–Kier alpha value is -2.28. The van der Waals surface area contributed by atoms with Gasteiger partial charge >= 0.3 is 5.97 Å². The van der Waals surface area contributed by atoms with E-state index >= 15 is 0 Å². The first-order valence-corrected chi connectivity index (χ1v) is 5.56. The highest BCUT2D eigenvalue weighted by Gasteiger charge is 2.12. The Morgan fingerprint density at radius 3 is 2.79 bits per heavy atom. The Morgan fingerprint density at radius 2 is 2.16 bits per heavy atom. The second-order valence-corrected chi connectivity index (χ2v) is 3.69. The van der Waals surface area contributed by atoms with Crippen LogP contribution in [0, 0.1) is 0 Å². The average molecular weight is 268 g/mol. The Kier molecular flexibility index (Phi) is 5.62. The van der Waals surface area contributed by atoms with E-state index in [4.69, 9.17) is 20.3 Å². The summed E-state index contributed by atoms with van der Waals surface area (Å²) in [6, 6.07) is 4.20. The molecule has 0 saturated heterocycles. The number of nitrogens with one attached hydrogen (secondary N) is 1. The number of benzene rings is 1. The number of carboxylic acids is 1. The predicted molar refractivity (Wildman–Crippen MR) is 68.2 cm³/mol. The van der Waals surface area contributed by atoms with Crippen molar-refractivity contribution >= 4 is 17.6 Å². The molecule has 0 saturated carbocycles. The molecule has 0 spiro atoms. The van der Waals surface area contributed by atoms with Gasteiger partial charge in [-0.2, -0.15) is 0 Å². The third-order valence-corrected chi connectivity index (χ3v) is 2.22.